The number of anilines is 1. The smallest absolute Gasteiger partial charge is 0.266 e. The average molecular weight is 530 g/mol. The predicted molar refractivity (Wildman–Crippen MR) is 149 cm³/mol. The number of nitrogens with zero attached hydrogens (tertiary/aromatic N) is 4. The molecule has 0 saturated heterocycles. The highest BCUT2D eigenvalue weighted by Gasteiger charge is 2.19. The number of amides is 1. The van der Waals surface area contributed by atoms with Gasteiger partial charge >= 0.3 is 0 Å². The molecule has 0 radical (unpaired) electrons. The molecule has 0 saturated carbocycles. The van der Waals surface area contributed by atoms with Crippen molar-refractivity contribution in [3.63, 3.8) is 0 Å². The molecule has 0 aliphatic carbocycles. The Morgan fingerprint density at radius 2 is 1.70 bits per heavy atom. The first-order chi connectivity index (χ1) is 17.8. The van der Waals surface area contributed by atoms with E-state index in [1.165, 1.54) is 16.3 Å². The van der Waals surface area contributed by atoms with Crippen molar-refractivity contribution >= 4 is 45.9 Å². The van der Waals surface area contributed by atoms with E-state index in [2.05, 4.69) is 10.4 Å². The van der Waals surface area contributed by atoms with Crippen LogP contribution in [0.25, 0.3) is 22.3 Å². The summed E-state index contributed by atoms with van der Waals surface area (Å²) in [4.78, 5) is 31.3. The fourth-order valence-electron chi connectivity index (χ4n) is 4.21. The summed E-state index contributed by atoms with van der Waals surface area (Å²) >= 11 is 7.56. The zero-order chi connectivity index (χ0) is 26.1. The molecule has 5 rings (SSSR count). The first-order valence-corrected chi connectivity index (χ1v) is 13.0. The van der Waals surface area contributed by atoms with Crippen LogP contribution in [0.2, 0.25) is 5.02 Å². The lowest BCUT2D eigenvalue weighted by molar-refractivity contribution is -0.113. The lowest BCUT2D eigenvalue weighted by atomic mass is 10.2. The third-order valence-corrected chi connectivity index (χ3v) is 7.46. The van der Waals surface area contributed by atoms with Gasteiger partial charge in [0.05, 0.1) is 45.1 Å². The summed E-state index contributed by atoms with van der Waals surface area (Å²) in [5.74, 6) is -0.166. The highest BCUT2D eigenvalue weighted by Crippen LogP contribution is 2.27. The molecule has 0 fully saturated rings. The van der Waals surface area contributed by atoms with Crippen molar-refractivity contribution in [2.24, 2.45) is 0 Å². The molecular weight excluding hydrogens is 506 g/mol. The second-order valence-electron chi connectivity index (χ2n) is 8.57. The van der Waals surface area contributed by atoms with Crippen LogP contribution in [0.1, 0.15) is 17.0 Å². The van der Waals surface area contributed by atoms with Gasteiger partial charge in [0, 0.05) is 5.02 Å². The van der Waals surface area contributed by atoms with Crippen LogP contribution >= 0.6 is 23.4 Å². The van der Waals surface area contributed by atoms with Gasteiger partial charge in [-0.2, -0.15) is 5.10 Å². The fraction of sp³-hybridized carbons (Fsp3) is 0.143. The third-order valence-electron chi connectivity index (χ3n) is 6.11. The van der Waals surface area contributed by atoms with Crippen LogP contribution in [-0.4, -0.2) is 31.0 Å². The van der Waals surface area contributed by atoms with Gasteiger partial charge in [-0.15, -0.1) is 0 Å². The number of halogens is 1. The molecular formula is C28H24ClN5O2S. The topological polar surface area (TPSA) is 81.8 Å². The second kappa shape index (κ2) is 10.2. The summed E-state index contributed by atoms with van der Waals surface area (Å²) in [6, 6.07) is 22.3. The zero-order valence-electron chi connectivity index (χ0n) is 20.5. The maximum absolute atomic E-state index is 13.5. The Hall–Kier alpha value is -3.88. The van der Waals surface area contributed by atoms with Crippen LogP contribution in [0.3, 0.4) is 0 Å². The molecule has 186 valence electrons. The van der Waals surface area contributed by atoms with Gasteiger partial charge < -0.3 is 5.32 Å². The first-order valence-electron chi connectivity index (χ1n) is 11.7. The summed E-state index contributed by atoms with van der Waals surface area (Å²) in [5, 5.41) is 9.04. The standard InChI is InChI=1S/C28H24ClN5O2S/c1-17-22(29)13-9-15-24(17)33-27(36)21-12-7-8-14-23(21)30-28(33)37-16-25(35)31-26-18(2)32-34(19(26)3)20-10-5-4-6-11-20/h4-15H,16H2,1-3H3,(H,31,35). The van der Waals surface area contributed by atoms with Gasteiger partial charge in [0.25, 0.3) is 5.56 Å². The molecule has 0 spiro atoms. The minimum Gasteiger partial charge on any atom is -0.322 e. The van der Waals surface area contributed by atoms with E-state index in [-0.39, 0.29) is 17.2 Å². The number of carbonyl (C=O) groups excluding carboxylic acids is 1. The number of thioether (sulfide) groups is 1. The van der Waals surface area contributed by atoms with Crippen LogP contribution in [0.5, 0.6) is 0 Å². The van der Waals surface area contributed by atoms with Gasteiger partial charge in [-0.25, -0.2) is 9.67 Å². The number of aromatic nitrogens is 4. The van der Waals surface area contributed by atoms with E-state index in [1.54, 1.807) is 30.3 Å². The Bertz CT molecular complexity index is 1690. The van der Waals surface area contributed by atoms with Crippen molar-refractivity contribution in [1.82, 2.24) is 19.3 Å². The second-order valence-corrected chi connectivity index (χ2v) is 9.92. The van der Waals surface area contributed by atoms with E-state index >= 15 is 0 Å². The number of rotatable bonds is 6. The molecule has 2 aromatic heterocycles. The van der Waals surface area contributed by atoms with Gasteiger partial charge in [0.2, 0.25) is 5.91 Å². The predicted octanol–water partition coefficient (Wildman–Crippen LogP) is 5.88. The summed E-state index contributed by atoms with van der Waals surface area (Å²) in [5.41, 5.74) is 4.89. The summed E-state index contributed by atoms with van der Waals surface area (Å²) in [6.45, 7) is 5.64. The zero-order valence-corrected chi connectivity index (χ0v) is 22.1. The van der Waals surface area contributed by atoms with E-state index < -0.39 is 0 Å². The van der Waals surface area contributed by atoms with Crippen molar-refractivity contribution in [2.75, 3.05) is 11.1 Å². The molecule has 0 bridgehead atoms. The molecule has 9 heteroatoms. The van der Waals surface area contributed by atoms with E-state index in [1.807, 2.05) is 67.9 Å². The monoisotopic (exact) mass is 529 g/mol. The van der Waals surface area contributed by atoms with Crippen LogP contribution in [0.4, 0.5) is 5.69 Å². The first kappa shape index (κ1) is 24.8. The molecule has 2 heterocycles. The van der Waals surface area contributed by atoms with Gasteiger partial charge in [-0.3, -0.25) is 14.2 Å². The lowest BCUT2D eigenvalue weighted by Crippen LogP contribution is -2.23. The molecule has 37 heavy (non-hydrogen) atoms. The average Bonchev–Trinajstić information content (AvgIpc) is 3.18. The maximum atomic E-state index is 13.5. The van der Waals surface area contributed by atoms with Crippen molar-refractivity contribution in [1.29, 1.82) is 0 Å². The van der Waals surface area contributed by atoms with Gasteiger partial charge in [-0.1, -0.05) is 59.8 Å². The van der Waals surface area contributed by atoms with Crippen molar-refractivity contribution in [3.05, 3.63) is 105 Å². The molecule has 1 N–H and O–H groups in total. The molecule has 5 aromatic rings. The highest BCUT2D eigenvalue weighted by atomic mass is 35.5. The number of aryl methyl sites for hydroxylation is 1. The van der Waals surface area contributed by atoms with Crippen molar-refractivity contribution in [2.45, 2.75) is 25.9 Å². The quantitative estimate of drug-likeness (QED) is 0.219. The normalized spacial score (nSPS) is 11.1. The molecule has 0 unspecified atom stereocenters. The molecule has 7 nitrogen and oxygen atoms in total. The molecule has 3 aromatic carbocycles. The molecule has 0 atom stereocenters. The summed E-state index contributed by atoms with van der Waals surface area (Å²) in [7, 11) is 0. The summed E-state index contributed by atoms with van der Waals surface area (Å²) in [6.07, 6.45) is 0. The fourth-order valence-corrected chi connectivity index (χ4v) is 5.18. The Labute approximate surface area is 223 Å². The number of benzene rings is 3. The van der Waals surface area contributed by atoms with Crippen LogP contribution in [-0.2, 0) is 4.79 Å². The maximum Gasteiger partial charge on any atom is 0.266 e. The minimum absolute atomic E-state index is 0.0553. The Morgan fingerprint density at radius 1 is 0.973 bits per heavy atom. The number of hydrogen-bond acceptors (Lipinski definition) is 5. The van der Waals surface area contributed by atoms with Crippen LogP contribution < -0.4 is 10.9 Å². The van der Waals surface area contributed by atoms with Gasteiger partial charge in [0.1, 0.15) is 0 Å². The Balaban J connectivity index is 1.46. The largest absolute Gasteiger partial charge is 0.322 e. The van der Waals surface area contributed by atoms with Gasteiger partial charge in [-0.05, 0) is 62.7 Å². The van der Waals surface area contributed by atoms with E-state index in [0.717, 1.165) is 22.6 Å². The third kappa shape index (κ3) is 4.77. The van der Waals surface area contributed by atoms with Crippen LogP contribution in [0.15, 0.2) is 82.7 Å². The number of nitrogens with one attached hydrogen (secondary N) is 1. The lowest BCUT2D eigenvalue weighted by Gasteiger charge is -2.16. The highest BCUT2D eigenvalue weighted by molar-refractivity contribution is 7.99. The van der Waals surface area contributed by atoms with E-state index in [9.17, 15) is 9.59 Å². The minimum atomic E-state index is -0.222. The SMILES string of the molecule is Cc1nn(-c2ccccc2)c(C)c1NC(=O)CSc1nc2ccccc2c(=O)n1-c1cccc(Cl)c1C. The number of hydrogen-bond donors (Lipinski definition) is 1. The van der Waals surface area contributed by atoms with E-state index in [4.69, 9.17) is 16.6 Å². The molecule has 0 aliphatic heterocycles. The van der Waals surface area contributed by atoms with Crippen molar-refractivity contribution in [3.8, 4) is 11.4 Å². The van der Waals surface area contributed by atoms with E-state index in [0.29, 0.717) is 32.5 Å². The number of fused-ring (bicyclic) bond motifs is 1. The van der Waals surface area contributed by atoms with Gasteiger partial charge in [0.15, 0.2) is 5.16 Å². The summed E-state index contributed by atoms with van der Waals surface area (Å²) < 4.78 is 3.34. The van der Waals surface area contributed by atoms with Crippen LogP contribution in [0, 0.1) is 20.8 Å². The number of para-hydroxylation sites is 2. The Kier molecular flexibility index (Phi) is 6.86. The van der Waals surface area contributed by atoms with Crippen molar-refractivity contribution < 1.29 is 4.79 Å². The molecule has 1 amide bonds. The Morgan fingerprint density at radius 3 is 2.49 bits per heavy atom. The number of carbonyl (C=O) groups is 1. The molecule has 0 aliphatic rings.